The summed E-state index contributed by atoms with van der Waals surface area (Å²) < 4.78 is 36.6. The van der Waals surface area contributed by atoms with Crippen LogP contribution in [-0.4, -0.2) is 55.8 Å². The summed E-state index contributed by atoms with van der Waals surface area (Å²) in [5.74, 6) is -1.30. The number of amides is 1. The van der Waals surface area contributed by atoms with Crippen LogP contribution in [0.3, 0.4) is 0 Å². The average Bonchev–Trinajstić information content (AvgIpc) is 3.21. The van der Waals surface area contributed by atoms with Crippen LogP contribution in [0.2, 0.25) is 0 Å². The number of rotatable bonds is 10. The highest BCUT2D eigenvalue weighted by Gasteiger charge is 2.57. The first-order chi connectivity index (χ1) is 16.9. The van der Waals surface area contributed by atoms with Crippen molar-refractivity contribution in [2.75, 3.05) is 37.8 Å². The van der Waals surface area contributed by atoms with Gasteiger partial charge in [-0.3, -0.25) is 4.79 Å². The summed E-state index contributed by atoms with van der Waals surface area (Å²) in [7, 11) is 0. The van der Waals surface area contributed by atoms with Crippen molar-refractivity contribution in [1.82, 2.24) is 10.3 Å². The standard InChI is InChI=1S/C27H33F2N3O3/c1-18(26(33)31-23-16-34-17-23)21-6-4-19(5-7-21)2-3-20-10-11-32(14-20)25-9-8-24(13-30-25)35-15-22-12-27(22,28)29/h4-9,13,18,20,22-23H,2-3,10-12,14-17H2,1H3,(H,31,33)/t18?,20-,22?/m1/s1. The van der Waals surface area contributed by atoms with E-state index in [9.17, 15) is 13.6 Å². The molecule has 1 saturated carbocycles. The number of aryl methyl sites for hydroxylation is 1. The Balaban J connectivity index is 1.05. The molecule has 8 heteroatoms. The summed E-state index contributed by atoms with van der Waals surface area (Å²) in [4.78, 5) is 19.1. The fraction of sp³-hybridized carbons (Fsp3) is 0.556. The molecule has 0 bridgehead atoms. The third kappa shape index (κ3) is 5.92. The summed E-state index contributed by atoms with van der Waals surface area (Å²) in [6.45, 7) is 5.12. The maximum absolute atomic E-state index is 13.0. The predicted octanol–water partition coefficient (Wildman–Crippen LogP) is 4.19. The lowest BCUT2D eigenvalue weighted by Gasteiger charge is -2.28. The van der Waals surface area contributed by atoms with Gasteiger partial charge < -0.3 is 19.7 Å². The molecule has 1 N–H and O–H groups in total. The molecule has 3 aliphatic rings. The number of nitrogens with one attached hydrogen (secondary N) is 1. The smallest absolute Gasteiger partial charge is 0.255 e. The number of ether oxygens (including phenoxy) is 2. The second kappa shape index (κ2) is 10.1. The molecule has 2 unspecified atom stereocenters. The summed E-state index contributed by atoms with van der Waals surface area (Å²) in [6.07, 6.45) is 4.78. The Bertz CT molecular complexity index is 1010. The maximum atomic E-state index is 13.0. The Morgan fingerprint density at radius 1 is 1.26 bits per heavy atom. The van der Waals surface area contributed by atoms with Crippen LogP contribution in [0.5, 0.6) is 5.75 Å². The molecule has 1 amide bonds. The largest absolute Gasteiger partial charge is 0.491 e. The van der Waals surface area contributed by atoms with E-state index in [1.807, 2.05) is 19.1 Å². The van der Waals surface area contributed by atoms with Gasteiger partial charge in [-0.15, -0.1) is 0 Å². The van der Waals surface area contributed by atoms with Gasteiger partial charge in [0.25, 0.3) is 5.92 Å². The summed E-state index contributed by atoms with van der Waals surface area (Å²) in [5, 5.41) is 3.02. The van der Waals surface area contributed by atoms with Crippen LogP contribution in [0.4, 0.5) is 14.6 Å². The van der Waals surface area contributed by atoms with Gasteiger partial charge in [-0.1, -0.05) is 24.3 Å². The second-order valence-corrected chi connectivity index (χ2v) is 10.2. The van der Waals surface area contributed by atoms with E-state index in [1.165, 1.54) is 5.56 Å². The van der Waals surface area contributed by atoms with Gasteiger partial charge >= 0.3 is 0 Å². The SMILES string of the molecule is CC(C(=O)NC1COC1)c1ccc(CC[C@@H]2CCN(c3ccc(OCC4CC4(F)F)cn3)C2)cc1. The summed E-state index contributed by atoms with van der Waals surface area (Å²) >= 11 is 0. The van der Waals surface area contributed by atoms with Crippen molar-refractivity contribution in [2.45, 2.75) is 50.5 Å². The fourth-order valence-electron chi connectivity index (χ4n) is 4.71. The molecule has 2 aliphatic heterocycles. The van der Waals surface area contributed by atoms with Crippen molar-refractivity contribution in [3.8, 4) is 5.75 Å². The van der Waals surface area contributed by atoms with E-state index >= 15 is 0 Å². The molecule has 1 aromatic carbocycles. The highest BCUT2D eigenvalue weighted by Crippen LogP contribution is 2.48. The monoisotopic (exact) mass is 485 g/mol. The normalized spacial score (nSPS) is 24.0. The molecule has 3 heterocycles. The van der Waals surface area contributed by atoms with E-state index in [-0.39, 0.29) is 30.9 Å². The summed E-state index contributed by atoms with van der Waals surface area (Å²) in [6, 6.07) is 12.3. The lowest BCUT2D eigenvalue weighted by atomic mass is 9.95. The predicted molar refractivity (Wildman–Crippen MR) is 129 cm³/mol. The minimum atomic E-state index is -2.56. The molecular weight excluding hydrogens is 452 g/mol. The number of halogens is 2. The number of carbonyl (C=O) groups excluding carboxylic acids is 1. The molecule has 35 heavy (non-hydrogen) atoms. The van der Waals surface area contributed by atoms with Gasteiger partial charge in [0.2, 0.25) is 5.91 Å². The third-order valence-electron chi connectivity index (χ3n) is 7.44. The number of benzene rings is 1. The fourth-order valence-corrected chi connectivity index (χ4v) is 4.71. The molecule has 0 spiro atoms. The van der Waals surface area contributed by atoms with Gasteiger partial charge in [0.15, 0.2) is 0 Å². The molecule has 1 aliphatic carbocycles. The number of nitrogens with zero attached hydrogens (tertiary/aromatic N) is 2. The van der Waals surface area contributed by atoms with Crippen LogP contribution >= 0.6 is 0 Å². The number of hydrogen-bond acceptors (Lipinski definition) is 5. The van der Waals surface area contributed by atoms with Crippen LogP contribution in [0.1, 0.15) is 43.2 Å². The lowest BCUT2D eigenvalue weighted by molar-refractivity contribution is -0.126. The van der Waals surface area contributed by atoms with E-state index in [0.717, 1.165) is 43.7 Å². The molecular formula is C27H33F2N3O3. The summed E-state index contributed by atoms with van der Waals surface area (Å²) in [5.41, 5.74) is 2.32. The maximum Gasteiger partial charge on any atom is 0.255 e. The Kier molecular flexibility index (Phi) is 6.91. The van der Waals surface area contributed by atoms with Gasteiger partial charge in [-0.05, 0) is 55.4 Å². The first-order valence-corrected chi connectivity index (χ1v) is 12.6. The van der Waals surface area contributed by atoms with Gasteiger partial charge in [0, 0.05) is 19.5 Å². The van der Waals surface area contributed by atoms with Crippen LogP contribution < -0.4 is 15.0 Å². The topological polar surface area (TPSA) is 63.7 Å². The highest BCUT2D eigenvalue weighted by atomic mass is 19.3. The molecule has 2 aromatic rings. The average molecular weight is 486 g/mol. The zero-order chi connectivity index (χ0) is 24.4. The molecule has 188 valence electrons. The van der Waals surface area contributed by atoms with Gasteiger partial charge in [-0.2, -0.15) is 0 Å². The first kappa shape index (κ1) is 24.0. The van der Waals surface area contributed by atoms with Crippen LogP contribution in [-0.2, 0) is 16.0 Å². The highest BCUT2D eigenvalue weighted by molar-refractivity contribution is 5.83. The number of anilines is 1. The Morgan fingerprint density at radius 3 is 2.66 bits per heavy atom. The Labute approximate surface area is 205 Å². The number of pyridine rings is 1. The molecule has 2 saturated heterocycles. The Hall–Kier alpha value is -2.74. The quantitative estimate of drug-likeness (QED) is 0.547. The van der Waals surface area contributed by atoms with E-state index in [2.05, 4.69) is 39.5 Å². The van der Waals surface area contributed by atoms with Gasteiger partial charge in [0.05, 0.1) is 43.9 Å². The lowest BCUT2D eigenvalue weighted by Crippen LogP contribution is -2.49. The third-order valence-corrected chi connectivity index (χ3v) is 7.44. The zero-order valence-electron chi connectivity index (χ0n) is 20.1. The van der Waals surface area contributed by atoms with Gasteiger partial charge in [-0.25, -0.2) is 13.8 Å². The first-order valence-electron chi connectivity index (χ1n) is 12.6. The van der Waals surface area contributed by atoms with E-state index < -0.39 is 11.8 Å². The molecule has 3 atom stereocenters. The number of hydrogen-bond donors (Lipinski definition) is 1. The van der Waals surface area contributed by atoms with E-state index in [1.54, 1.807) is 6.20 Å². The molecule has 5 rings (SSSR count). The molecule has 1 aromatic heterocycles. The minimum Gasteiger partial charge on any atom is -0.491 e. The van der Waals surface area contributed by atoms with Crippen molar-refractivity contribution in [1.29, 1.82) is 0 Å². The second-order valence-electron chi connectivity index (χ2n) is 10.2. The van der Waals surface area contributed by atoms with Crippen LogP contribution in [0.15, 0.2) is 42.6 Å². The van der Waals surface area contributed by atoms with E-state index in [0.29, 0.717) is 24.9 Å². The number of aromatic nitrogens is 1. The van der Waals surface area contributed by atoms with E-state index in [4.69, 9.17) is 9.47 Å². The zero-order valence-corrected chi connectivity index (χ0v) is 20.1. The molecule has 0 radical (unpaired) electrons. The minimum absolute atomic E-state index is 0.0444. The number of alkyl halides is 2. The number of carbonyl (C=O) groups is 1. The Morgan fingerprint density at radius 2 is 2.03 bits per heavy atom. The van der Waals surface area contributed by atoms with Crippen molar-refractivity contribution >= 4 is 11.7 Å². The van der Waals surface area contributed by atoms with Crippen molar-refractivity contribution in [3.63, 3.8) is 0 Å². The van der Waals surface area contributed by atoms with Crippen molar-refractivity contribution in [3.05, 3.63) is 53.7 Å². The van der Waals surface area contributed by atoms with Crippen molar-refractivity contribution < 1.29 is 23.0 Å². The van der Waals surface area contributed by atoms with Crippen molar-refractivity contribution in [2.24, 2.45) is 11.8 Å². The molecule has 6 nitrogen and oxygen atoms in total. The van der Waals surface area contributed by atoms with Crippen LogP contribution in [0, 0.1) is 11.8 Å². The van der Waals surface area contributed by atoms with Crippen LogP contribution in [0.25, 0.3) is 0 Å². The molecule has 3 fully saturated rings. The van der Waals surface area contributed by atoms with Gasteiger partial charge in [0.1, 0.15) is 11.6 Å².